The molecule has 0 radical (unpaired) electrons. The fraction of sp³-hybridized carbons (Fsp3) is 0.636. The van der Waals surface area contributed by atoms with Gasteiger partial charge in [-0.3, -0.25) is 4.68 Å². The Morgan fingerprint density at radius 3 is 2.93 bits per heavy atom. The minimum atomic E-state index is -0.321. The summed E-state index contributed by atoms with van der Waals surface area (Å²) in [5.41, 5.74) is 1.48. The Hall–Kier alpha value is -1.32. The van der Waals surface area contributed by atoms with Gasteiger partial charge in [0.25, 0.3) is 0 Å². The molecule has 15 heavy (non-hydrogen) atoms. The highest BCUT2D eigenvalue weighted by Crippen LogP contribution is 2.32. The smallest absolute Gasteiger partial charge is 0.358 e. The van der Waals surface area contributed by atoms with Crippen LogP contribution in [0, 0.1) is 6.92 Å². The second kappa shape index (κ2) is 4.04. The van der Waals surface area contributed by atoms with Crippen LogP contribution >= 0.6 is 0 Å². The van der Waals surface area contributed by atoms with Crippen LogP contribution in [0.25, 0.3) is 0 Å². The third-order valence-corrected chi connectivity index (χ3v) is 2.83. The van der Waals surface area contributed by atoms with Gasteiger partial charge in [-0.15, -0.1) is 0 Å². The summed E-state index contributed by atoms with van der Waals surface area (Å²) < 4.78 is 6.87. The summed E-state index contributed by atoms with van der Waals surface area (Å²) in [6.45, 7) is 4.18. The first-order valence-electron chi connectivity index (χ1n) is 5.45. The van der Waals surface area contributed by atoms with Gasteiger partial charge in [-0.25, -0.2) is 4.79 Å². The molecule has 1 heterocycles. The number of hydrogen-bond acceptors (Lipinski definition) is 3. The maximum atomic E-state index is 11.4. The molecule has 1 aromatic rings. The third kappa shape index (κ3) is 1.89. The molecule has 0 unspecified atom stereocenters. The number of carbonyl (C=O) groups is 1. The third-order valence-electron chi connectivity index (χ3n) is 2.83. The summed E-state index contributed by atoms with van der Waals surface area (Å²) in [7, 11) is 0. The number of aryl methyl sites for hydroxylation is 1. The Kier molecular flexibility index (Phi) is 2.75. The Morgan fingerprint density at radius 1 is 1.67 bits per heavy atom. The van der Waals surface area contributed by atoms with Gasteiger partial charge in [-0.1, -0.05) is 0 Å². The molecule has 4 nitrogen and oxygen atoms in total. The predicted molar refractivity (Wildman–Crippen MR) is 55.8 cm³/mol. The highest BCUT2D eigenvalue weighted by atomic mass is 16.5. The number of nitrogens with zero attached hydrogens (tertiary/aromatic N) is 2. The molecule has 0 saturated heterocycles. The molecule has 1 fully saturated rings. The SMILES string of the molecule is CCOC(=O)c1cc(C)n(C2CCC2)n1. The highest BCUT2D eigenvalue weighted by molar-refractivity contribution is 5.87. The molecule has 1 aliphatic rings. The van der Waals surface area contributed by atoms with Crippen molar-refractivity contribution < 1.29 is 9.53 Å². The fourth-order valence-electron chi connectivity index (χ4n) is 1.79. The van der Waals surface area contributed by atoms with E-state index in [9.17, 15) is 4.79 Å². The zero-order valence-corrected chi connectivity index (χ0v) is 9.19. The van der Waals surface area contributed by atoms with E-state index in [2.05, 4.69) is 5.10 Å². The van der Waals surface area contributed by atoms with Gasteiger partial charge in [0.05, 0.1) is 12.6 Å². The molecule has 1 aromatic heterocycles. The van der Waals surface area contributed by atoms with Crippen LogP contribution in [0.15, 0.2) is 6.07 Å². The summed E-state index contributed by atoms with van der Waals surface area (Å²) in [5, 5.41) is 4.29. The van der Waals surface area contributed by atoms with E-state index in [1.165, 1.54) is 19.3 Å². The standard InChI is InChI=1S/C11H16N2O2/c1-3-15-11(14)10-7-8(2)13(12-10)9-5-4-6-9/h7,9H,3-6H2,1-2H3. The topological polar surface area (TPSA) is 44.1 Å². The zero-order valence-electron chi connectivity index (χ0n) is 9.19. The van der Waals surface area contributed by atoms with Crippen LogP contribution in [0.2, 0.25) is 0 Å². The van der Waals surface area contributed by atoms with Crippen molar-refractivity contribution in [1.82, 2.24) is 9.78 Å². The number of carbonyl (C=O) groups excluding carboxylic acids is 1. The van der Waals surface area contributed by atoms with Crippen molar-refractivity contribution in [2.75, 3.05) is 6.61 Å². The van der Waals surface area contributed by atoms with Crippen LogP contribution in [0.3, 0.4) is 0 Å². The molecule has 0 bridgehead atoms. The largest absolute Gasteiger partial charge is 0.461 e. The van der Waals surface area contributed by atoms with Crippen LogP contribution in [-0.4, -0.2) is 22.4 Å². The van der Waals surface area contributed by atoms with Crippen LogP contribution in [0.5, 0.6) is 0 Å². The van der Waals surface area contributed by atoms with Crippen LogP contribution in [0.4, 0.5) is 0 Å². The monoisotopic (exact) mass is 208 g/mol. The Bertz CT molecular complexity index is 367. The molecular weight excluding hydrogens is 192 g/mol. The predicted octanol–water partition coefficient (Wildman–Crippen LogP) is 2.09. The van der Waals surface area contributed by atoms with Crippen molar-refractivity contribution in [3.63, 3.8) is 0 Å². The lowest BCUT2D eigenvalue weighted by atomic mass is 9.93. The molecule has 1 aliphatic carbocycles. The number of aromatic nitrogens is 2. The number of rotatable bonds is 3. The van der Waals surface area contributed by atoms with Gasteiger partial charge in [0.1, 0.15) is 0 Å². The van der Waals surface area contributed by atoms with Gasteiger partial charge in [0, 0.05) is 5.69 Å². The van der Waals surface area contributed by atoms with Gasteiger partial charge in [-0.05, 0) is 39.2 Å². The normalized spacial score (nSPS) is 16.1. The van der Waals surface area contributed by atoms with Gasteiger partial charge in [0.2, 0.25) is 0 Å². The lowest BCUT2D eigenvalue weighted by Crippen LogP contribution is -2.19. The van der Waals surface area contributed by atoms with E-state index in [1.54, 1.807) is 13.0 Å². The number of esters is 1. The molecule has 0 amide bonds. The van der Waals surface area contributed by atoms with Crippen molar-refractivity contribution in [1.29, 1.82) is 0 Å². The van der Waals surface area contributed by atoms with Crippen molar-refractivity contribution in [2.45, 2.75) is 39.2 Å². The van der Waals surface area contributed by atoms with Crippen molar-refractivity contribution in [3.8, 4) is 0 Å². The van der Waals surface area contributed by atoms with Gasteiger partial charge in [0.15, 0.2) is 5.69 Å². The molecule has 1 saturated carbocycles. The van der Waals surface area contributed by atoms with E-state index >= 15 is 0 Å². The van der Waals surface area contributed by atoms with Crippen LogP contribution < -0.4 is 0 Å². The molecule has 4 heteroatoms. The first-order chi connectivity index (χ1) is 7.22. The maximum Gasteiger partial charge on any atom is 0.358 e. The average Bonchev–Trinajstić information content (AvgIpc) is 2.46. The Morgan fingerprint density at radius 2 is 2.40 bits per heavy atom. The summed E-state index contributed by atoms with van der Waals surface area (Å²) >= 11 is 0. The summed E-state index contributed by atoms with van der Waals surface area (Å²) in [6.07, 6.45) is 3.61. The zero-order chi connectivity index (χ0) is 10.8. The van der Waals surface area contributed by atoms with E-state index in [-0.39, 0.29) is 5.97 Å². The van der Waals surface area contributed by atoms with Gasteiger partial charge < -0.3 is 4.74 Å². The van der Waals surface area contributed by atoms with Crippen LogP contribution in [-0.2, 0) is 4.74 Å². The number of hydrogen-bond donors (Lipinski definition) is 0. The van der Waals surface area contributed by atoms with E-state index in [0.29, 0.717) is 18.3 Å². The Labute approximate surface area is 89.2 Å². The minimum absolute atomic E-state index is 0.321. The van der Waals surface area contributed by atoms with Gasteiger partial charge >= 0.3 is 5.97 Å². The summed E-state index contributed by atoms with van der Waals surface area (Å²) in [4.78, 5) is 11.4. The molecule has 0 N–H and O–H groups in total. The summed E-state index contributed by atoms with van der Waals surface area (Å²) in [6, 6.07) is 2.30. The first kappa shape index (κ1) is 10.2. The van der Waals surface area contributed by atoms with Crippen molar-refractivity contribution in [3.05, 3.63) is 17.5 Å². The van der Waals surface area contributed by atoms with Crippen LogP contribution in [0.1, 0.15) is 48.4 Å². The molecule has 0 aliphatic heterocycles. The second-order valence-electron chi connectivity index (χ2n) is 3.92. The fourth-order valence-corrected chi connectivity index (χ4v) is 1.79. The first-order valence-corrected chi connectivity index (χ1v) is 5.45. The maximum absolute atomic E-state index is 11.4. The van der Waals surface area contributed by atoms with E-state index in [4.69, 9.17) is 4.74 Å². The quantitative estimate of drug-likeness (QED) is 0.714. The number of ether oxygens (including phenoxy) is 1. The minimum Gasteiger partial charge on any atom is -0.461 e. The van der Waals surface area contributed by atoms with Gasteiger partial charge in [-0.2, -0.15) is 5.10 Å². The average molecular weight is 208 g/mol. The second-order valence-corrected chi connectivity index (χ2v) is 3.92. The molecule has 2 rings (SSSR count). The molecule has 0 atom stereocenters. The van der Waals surface area contributed by atoms with Crippen molar-refractivity contribution in [2.24, 2.45) is 0 Å². The van der Waals surface area contributed by atoms with Crippen molar-refractivity contribution >= 4 is 5.97 Å². The van der Waals surface area contributed by atoms with E-state index < -0.39 is 0 Å². The molecule has 0 spiro atoms. The lowest BCUT2D eigenvalue weighted by molar-refractivity contribution is 0.0517. The molecule has 0 aromatic carbocycles. The van der Waals surface area contributed by atoms with E-state index in [1.807, 2.05) is 11.6 Å². The lowest BCUT2D eigenvalue weighted by Gasteiger charge is -2.26. The Balaban J connectivity index is 2.16. The molecular formula is C11H16N2O2. The van der Waals surface area contributed by atoms with E-state index in [0.717, 1.165) is 5.69 Å². The highest BCUT2D eigenvalue weighted by Gasteiger charge is 2.23. The molecule has 82 valence electrons. The summed E-state index contributed by atoms with van der Waals surface area (Å²) in [5.74, 6) is -0.321.